The first-order valence-corrected chi connectivity index (χ1v) is 5.09. The van der Waals surface area contributed by atoms with Crippen molar-refractivity contribution in [1.29, 1.82) is 0 Å². The van der Waals surface area contributed by atoms with Gasteiger partial charge in [0.05, 0.1) is 0 Å². The van der Waals surface area contributed by atoms with Gasteiger partial charge in [0.15, 0.2) is 0 Å². The molecule has 0 saturated heterocycles. The number of benzene rings is 1. The topological polar surface area (TPSA) is 17.1 Å². The van der Waals surface area contributed by atoms with Crippen LogP contribution in [-0.4, -0.2) is 5.24 Å². The molecule has 0 unspecified atom stereocenters. The highest BCUT2D eigenvalue weighted by atomic mass is 35.5. The lowest BCUT2D eigenvalue weighted by Gasteiger charge is -2.00. The van der Waals surface area contributed by atoms with Crippen molar-refractivity contribution < 1.29 is 4.79 Å². The third-order valence-electron chi connectivity index (χ3n) is 2.01. The Labute approximate surface area is 95.1 Å². The fraction of sp³-hybridized carbons (Fsp3) is 0.154. The Morgan fingerprint density at radius 2 is 1.73 bits per heavy atom. The number of hydrogen-bond acceptors (Lipinski definition) is 1. The molecule has 0 aliphatic carbocycles. The second kappa shape index (κ2) is 5.52. The fourth-order valence-electron chi connectivity index (χ4n) is 1.35. The maximum atomic E-state index is 10.6. The Hall–Kier alpha value is -1.34. The molecule has 0 N–H and O–H groups in total. The van der Waals surface area contributed by atoms with E-state index in [9.17, 15) is 4.79 Å². The first-order valence-electron chi connectivity index (χ1n) is 4.71. The maximum absolute atomic E-state index is 10.6. The summed E-state index contributed by atoms with van der Waals surface area (Å²) in [6.07, 6.45) is 3.35. The van der Waals surface area contributed by atoms with E-state index in [1.165, 1.54) is 6.08 Å². The predicted octanol–water partition coefficient (Wildman–Crippen LogP) is 3.80. The summed E-state index contributed by atoms with van der Waals surface area (Å²) in [5, 5.41) is -0.440. The average Bonchev–Trinajstić information content (AvgIpc) is 2.17. The van der Waals surface area contributed by atoms with Crippen LogP contribution < -0.4 is 0 Å². The third-order valence-corrected chi connectivity index (χ3v) is 2.12. The summed E-state index contributed by atoms with van der Waals surface area (Å²) in [5.41, 5.74) is 3.12. The van der Waals surface area contributed by atoms with Gasteiger partial charge in [-0.2, -0.15) is 0 Å². The van der Waals surface area contributed by atoms with Crippen LogP contribution in [0.5, 0.6) is 0 Å². The molecule has 1 nitrogen and oxygen atoms in total. The summed E-state index contributed by atoms with van der Waals surface area (Å²) in [6, 6.07) is 10.0. The van der Waals surface area contributed by atoms with Gasteiger partial charge in [-0.1, -0.05) is 36.4 Å². The highest BCUT2D eigenvalue weighted by Crippen LogP contribution is 2.15. The van der Waals surface area contributed by atoms with E-state index in [2.05, 4.69) is 0 Å². The molecule has 0 heterocycles. The highest BCUT2D eigenvalue weighted by Gasteiger charge is 1.95. The quantitative estimate of drug-likeness (QED) is 0.430. The minimum atomic E-state index is -0.440. The largest absolute Gasteiger partial charge is 0.276 e. The van der Waals surface area contributed by atoms with Crippen LogP contribution in [0.1, 0.15) is 19.4 Å². The van der Waals surface area contributed by atoms with Crippen molar-refractivity contribution in [2.45, 2.75) is 13.8 Å². The Bertz CT molecular complexity index is 402. The second-order valence-corrected chi connectivity index (χ2v) is 3.76. The molecule has 78 valence electrons. The summed E-state index contributed by atoms with van der Waals surface area (Å²) < 4.78 is 0. The van der Waals surface area contributed by atoms with E-state index < -0.39 is 5.24 Å². The molecule has 0 aliphatic rings. The van der Waals surface area contributed by atoms with Crippen LogP contribution in [0.4, 0.5) is 0 Å². The van der Waals surface area contributed by atoms with E-state index in [0.29, 0.717) is 0 Å². The number of carbonyl (C=O) groups excluding carboxylic acids is 1. The molecule has 0 radical (unpaired) electrons. The van der Waals surface area contributed by atoms with Crippen molar-refractivity contribution in [1.82, 2.24) is 0 Å². The molecular weight excluding hydrogens is 208 g/mol. The maximum Gasteiger partial charge on any atom is 0.245 e. The number of rotatable bonds is 3. The van der Waals surface area contributed by atoms with Gasteiger partial charge in [0.25, 0.3) is 0 Å². The Morgan fingerprint density at radius 1 is 1.13 bits per heavy atom. The van der Waals surface area contributed by atoms with Crippen LogP contribution in [0.3, 0.4) is 0 Å². The molecule has 0 aliphatic heterocycles. The molecule has 2 heteroatoms. The zero-order chi connectivity index (χ0) is 11.3. The van der Waals surface area contributed by atoms with E-state index in [0.717, 1.165) is 16.7 Å². The smallest absolute Gasteiger partial charge is 0.245 e. The zero-order valence-electron chi connectivity index (χ0n) is 8.83. The molecule has 0 amide bonds. The van der Waals surface area contributed by atoms with Crippen LogP contribution in [0.25, 0.3) is 5.57 Å². The van der Waals surface area contributed by atoms with Crippen molar-refractivity contribution in [2.24, 2.45) is 0 Å². The van der Waals surface area contributed by atoms with Crippen molar-refractivity contribution in [2.75, 3.05) is 0 Å². The van der Waals surface area contributed by atoms with Gasteiger partial charge in [0.1, 0.15) is 0 Å². The van der Waals surface area contributed by atoms with E-state index in [4.69, 9.17) is 11.6 Å². The molecule has 1 aromatic carbocycles. The summed E-state index contributed by atoms with van der Waals surface area (Å²) in [4.78, 5) is 10.6. The van der Waals surface area contributed by atoms with Gasteiger partial charge in [0, 0.05) is 6.08 Å². The SMILES string of the molecule is CC(=CC(=O)Cl)C=C(C)c1ccccc1. The monoisotopic (exact) mass is 220 g/mol. The second-order valence-electron chi connectivity index (χ2n) is 3.39. The zero-order valence-corrected chi connectivity index (χ0v) is 9.58. The van der Waals surface area contributed by atoms with E-state index >= 15 is 0 Å². The summed E-state index contributed by atoms with van der Waals surface area (Å²) in [7, 11) is 0. The third kappa shape index (κ3) is 4.13. The van der Waals surface area contributed by atoms with Gasteiger partial charge in [0.2, 0.25) is 5.24 Å². The van der Waals surface area contributed by atoms with Gasteiger partial charge in [-0.3, -0.25) is 4.79 Å². The first-order chi connectivity index (χ1) is 7.09. The first kappa shape index (κ1) is 11.7. The number of halogens is 1. The molecule has 1 rings (SSSR count). The molecule has 0 saturated carbocycles. The van der Waals surface area contributed by atoms with Crippen molar-refractivity contribution in [3.63, 3.8) is 0 Å². The normalized spacial score (nSPS) is 12.7. The van der Waals surface area contributed by atoms with E-state index in [1.54, 1.807) is 0 Å². The van der Waals surface area contributed by atoms with Crippen molar-refractivity contribution in [3.8, 4) is 0 Å². The van der Waals surface area contributed by atoms with E-state index in [1.807, 2.05) is 50.3 Å². The fourth-order valence-corrected chi connectivity index (χ4v) is 1.52. The Kier molecular flexibility index (Phi) is 4.32. The summed E-state index contributed by atoms with van der Waals surface area (Å²) in [6.45, 7) is 3.86. The van der Waals surface area contributed by atoms with Crippen LogP contribution in [0, 0.1) is 0 Å². The average molecular weight is 221 g/mol. The van der Waals surface area contributed by atoms with Crippen LogP contribution in [0.2, 0.25) is 0 Å². The van der Waals surface area contributed by atoms with Crippen LogP contribution in [-0.2, 0) is 4.79 Å². The minimum Gasteiger partial charge on any atom is -0.276 e. The number of hydrogen-bond donors (Lipinski definition) is 0. The molecule has 0 atom stereocenters. The van der Waals surface area contributed by atoms with Gasteiger partial charge >= 0.3 is 0 Å². The standard InChI is InChI=1S/C13H13ClO/c1-10(9-13(14)15)8-11(2)12-6-4-3-5-7-12/h3-9H,1-2H3. The van der Waals surface area contributed by atoms with Gasteiger partial charge in [-0.05, 0) is 42.2 Å². The highest BCUT2D eigenvalue weighted by molar-refractivity contribution is 6.66. The predicted molar refractivity (Wildman–Crippen MR) is 64.7 cm³/mol. The molecule has 0 fully saturated rings. The lowest BCUT2D eigenvalue weighted by atomic mass is 10.1. The summed E-state index contributed by atoms with van der Waals surface area (Å²) >= 11 is 5.26. The van der Waals surface area contributed by atoms with Gasteiger partial charge in [-0.25, -0.2) is 0 Å². The van der Waals surface area contributed by atoms with Crippen LogP contribution in [0.15, 0.2) is 48.1 Å². The van der Waals surface area contributed by atoms with Gasteiger partial charge < -0.3 is 0 Å². The minimum absolute atomic E-state index is 0.440. The molecule has 0 aromatic heterocycles. The summed E-state index contributed by atoms with van der Waals surface area (Å²) in [5.74, 6) is 0. The lowest BCUT2D eigenvalue weighted by molar-refractivity contribution is -0.107. The Morgan fingerprint density at radius 3 is 2.27 bits per heavy atom. The molecule has 1 aromatic rings. The Balaban J connectivity index is 2.90. The van der Waals surface area contributed by atoms with Crippen LogP contribution >= 0.6 is 11.6 Å². The lowest BCUT2D eigenvalue weighted by Crippen LogP contribution is -1.82. The number of carbonyl (C=O) groups is 1. The van der Waals surface area contributed by atoms with Crippen molar-refractivity contribution in [3.05, 3.63) is 53.6 Å². The van der Waals surface area contributed by atoms with E-state index in [-0.39, 0.29) is 0 Å². The molecule has 15 heavy (non-hydrogen) atoms. The van der Waals surface area contributed by atoms with Crippen molar-refractivity contribution >= 4 is 22.4 Å². The molecule has 0 bridgehead atoms. The number of allylic oxidation sites excluding steroid dienone is 4. The van der Waals surface area contributed by atoms with Gasteiger partial charge in [-0.15, -0.1) is 0 Å². The molecule has 0 spiro atoms. The molecular formula is C13H13ClO.